The number of carbonyl (C=O) groups excluding carboxylic acids is 1. The smallest absolute Gasteiger partial charge is 0.309 e. The summed E-state index contributed by atoms with van der Waals surface area (Å²) in [6, 6.07) is 3.19. The minimum absolute atomic E-state index is 0.281. The van der Waals surface area contributed by atoms with E-state index in [0.29, 0.717) is 24.4 Å². The summed E-state index contributed by atoms with van der Waals surface area (Å²) < 4.78 is 4.89. The highest BCUT2D eigenvalue weighted by molar-refractivity contribution is 5.93. The van der Waals surface area contributed by atoms with E-state index in [0.717, 1.165) is 0 Å². The molecule has 0 fully saturated rings. The van der Waals surface area contributed by atoms with Crippen molar-refractivity contribution in [3.63, 3.8) is 0 Å². The van der Waals surface area contributed by atoms with Crippen LogP contribution in [0.15, 0.2) is 18.3 Å². The Kier molecular flexibility index (Phi) is 4.86. The van der Waals surface area contributed by atoms with Crippen molar-refractivity contribution in [2.75, 3.05) is 13.7 Å². The Labute approximate surface area is 111 Å². The third kappa shape index (κ3) is 4.24. The van der Waals surface area contributed by atoms with Crippen LogP contribution in [0, 0.1) is 5.41 Å². The first-order chi connectivity index (χ1) is 8.86. The lowest BCUT2D eigenvalue weighted by atomic mass is 9.90. The van der Waals surface area contributed by atoms with E-state index < -0.39 is 11.4 Å². The maximum Gasteiger partial charge on any atom is 0.309 e. The molecule has 0 aliphatic carbocycles. The Morgan fingerprint density at radius 3 is 2.58 bits per heavy atom. The average molecular weight is 266 g/mol. The molecule has 1 heterocycles. The zero-order valence-electron chi connectivity index (χ0n) is 11.3. The summed E-state index contributed by atoms with van der Waals surface area (Å²) in [6.07, 6.45) is 1.77. The fraction of sp³-hybridized carbons (Fsp3) is 0.462. The SMILES string of the molecule is COc1ccc(C(=O)NCCC(C)(C)C(=O)O)cn1. The third-order valence-corrected chi connectivity index (χ3v) is 2.82. The standard InChI is InChI=1S/C13H18N2O4/c1-13(2,12(17)18)6-7-14-11(16)9-4-5-10(19-3)15-8-9/h4-5,8H,6-7H2,1-3H3,(H,14,16)(H,17,18). The molecule has 0 aliphatic heterocycles. The summed E-state index contributed by atoms with van der Waals surface area (Å²) in [4.78, 5) is 26.6. The largest absolute Gasteiger partial charge is 0.481 e. The molecule has 1 rings (SSSR count). The molecule has 0 radical (unpaired) electrons. The first kappa shape index (κ1) is 14.9. The highest BCUT2D eigenvalue weighted by Gasteiger charge is 2.26. The zero-order chi connectivity index (χ0) is 14.5. The highest BCUT2D eigenvalue weighted by atomic mass is 16.5. The first-order valence-electron chi connectivity index (χ1n) is 5.88. The normalized spacial score (nSPS) is 10.9. The van der Waals surface area contributed by atoms with Crippen LogP contribution in [-0.4, -0.2) is 35.6 Å². The Balaban J connectivity index is 2.49. The van der Waals surface area contributed by atoms with Crippen LogP contribution in [-0.2, 0) is 4.79 Å². The Morgan fingerprint density at radius 1 is 1.42 bits per heavy atom. The number of rotatable bonds is 6. The van der Waals surface area contributed by atoms with Gasteiger partial charge in [0.25, 0.3) is 5.91 Å². The quantitative estimate of drug-likeness (QED) is 0.810. The van der Waals surface area contributed by atoms with Crippen LogP contribution in [0.3, 0.4) is 0 Å². The lowest BCUT2D eigenvalue weighted by Gasteiger charge is -2.18. The van der Waals surface area contributed by atoms with E-state index in [9.17, 15) is 9.59 Å². The van der Waals surface area contributed by atoms with Gasteiger partial charge in [-0.1, -0.05) is 0 Å². The Morgan fingerprint density at radius 2 is 2.11 bits per heavy atom. The molecule has 6 heteroatoms. The van der Waals surface area contributed by atoms with Gasteiger partial charge in [-0.25, -0.2) is 4.98 Å². The van der Waals surface area contributed by atoms with E-state index >= 15 is 0 Å². The lowest BCUT2D eigenvalue weighted by molar-refractivity contribution is -0.147. The maximum absolute atomic E-state index is 11.8. The number of ether oxygens (including phenoxy) is 1. The summed E-state index contributed by atoms with van der Waals surface area (Å²) in [7, 11) is 1.50. The molecule has 0 aliphatic rings. The summed E-state index contributed by atoms with van der Waals surface area (Å²) >= 11 is 0. The Bertz CT molecular complexity index is 454. The van der Waals surface area contributed by atoms with Crippen LogP contribution in [0.25, 0.3) is 0 Å². The molecular formula is C13H18N2O4. The van der Waals surface area contributed by atoms with Gasteiger partial charge in [0.1, 0.15) is 0 Å². The van der Waals surface area contributed by atoms with Crippen LogP contribution in [0.5, 0.6) is 5.88 Å². The molecule has 1 aromatic heterocycles. The number of hydrogen-bond donors (Lipinski definition) is 2. The van der Waals surface area contributed by atoms with Crippen molar-refractivity contribution in [1.82, 2.24) is 10.3 Å². The van der Waals surface area contributed by atoms with Gasteiger partial charge in [-0.05, 0) is 26.3 Å². The number of carboxylic acid groups (broad SMARTS) is 1. The van der Waals surface area contributed by atoms with Crippen LogP contribution in [0.2, 0.25) is 0 Å². The van der Waals surface area contributed by atoms with Gasteiger partial charge in [0.2, 0.25) is 5.88 Å². The topological polar surface area (TPSA) is 88.5 Å². The second-order valence-corrected chi connectivity index (χ2v) is 4.78. The van der Waals surface area contributed by atoms with Crippen molar-refractivity contribution in [1.29, 1.82) is 0 Å². The number of nitrogens with zero attached hydrogens (tertiary/aromatic N) is 1. The van der Waals surface area contributed by atoms with Crippen LogP contribution >= 0.6 is 0 Å². The molecule has 0 spiro atoms. The van der Waals surface area contributed by atoms with Crippen molar-refractivity contribution in [2.45, 2.75) is 20.3 Å². The number of aliphatic carboxylic acids is 1. The molecule has 0 aromatic carbocycles. The van der Waals surface area contributed by atoms with Crippen LogP contribution in [0.4, 0.5) is 0 Å². The number of aromatic nitrogens is 1. The van der Waals surface area contributed by atoms with Gasteiger partial charge in [0.05, 0.1) is 18.1 Å². The Hall–Kier alpha value is -2.11. The number of carbonyl (C=O) groups is 2. The van der Waals surface area contributed by atoms with Crippen molar-refractivity contribution < 1.29 is 19.4 Å². The summed E-state index contributed by atoms with van der Waals surface area (Å²) in [6.45, 7) is 3.54. The summed E-state index contributed by atoms with van der Waals surface area (Å²) in [5, 5.41) is 11.6. The second-order valence-electron chi connectivity index (χ2n) is 4.78. The first-order valence-corrected chi connectivity index (χ1v) is 5.88. The second kappa shape index (κ2) is 6.17. The summed E-state index contributed by atoms with van der Waals surface area (Å²) in [5.74, 6) is -0.729. The molecule has 2 N–H and O–H groups in total. The van der Waals surface area contributed by atoms with E-state index in [1.54, 1.807) is 26.0 Å². The summed E-state index contributed by atoms with van der Waals surface area (Å²) in [5.41, 5.74) is -0.445. The van der Waals surface area contributed by atoms with Gasteiger partial charge in [-0.3, -0.25) is 9.59 Å². The van der Waals surface area contributed by atoms with E-state index in [1.165, 1.54) is 13.3 Å². The van der Waals surface area contributed by atoms with Gasteiger partial charge in [0, 0.05) is 18.8 Å². The van der Waals surface area contributed by atoms with Crippen LogP contribution < -0.4 is 10.1 Å². The lowest BCUT2D eigenvalue weighted by Crippen LogP contribution is -2.31. The minimum atomic E-state index is -0.882. The third-order valence-electron chi connectivity index (χ3n) is 2.82. The van der Waals surface area contributed by atoms with Gasteiger partial charge in [-0.2, -0.15) is 0 Å². The molecule has 0 atom stereocenters. The number of pyridine rings is 1. The molecule has 6 nitrogen and oxygen atoms in total. The molecule has 0 saturated carbocycles. The molecule has 0 unspecified atom stereocenters. The fourth-order valence-corrected chi connectivity index (χ4v) is 1.33. The fourth-order valence-electron chi connectivity index (χ4n) is 1.33. The molecule has 0 saturated heterocycles. The van der Waals surface area contributed by atoms with Crippen molar-refractivity contribution >= 4 is 11.9 Å². The van der Waals surface area contributed by atoms with E-state index in [1.807, 2.05) is 0 Å². The maximum atomic E-state index is 11.8. The number of hydrogen-bond acceptors (Lipinski definition) is 4. The van der Waals surface area contributed by atoms with Crippen molar-refractivity contribution in [3.05, 3.63) is 23.9 Å². The van der Waals surface area contributed by atoms with Crippen molar-refractivity contribution in [3.8, 4) is 5.88 Å². The minimum Gasteiger partial charge on any atom is -0.481 e. The average Bonchev–Trinajstić information content (AvgIpc) is 2.38. The molecule has 1 amide bonds. The monoisotopic (exact) mass is 266 g/mol. The van der Waals surface area contributed by atoms with E-state index in [2.05, 4.69) is 10.3 Å². The number of carboxylic acids is 1. The predicted octanol–water partition coefficient (Wildman–Crippen LogP) is 1.32. The number of methoxy groups -OCH3 is 1. The zero-order valence-corrected chi connectivity index (χ0v) is 11.3. The van der Waals surface area contributed by atoms with Gasteiger partial charge in [0.15, 0.2) is 0 Å². The molecule has 0 bridgehead atoms. The molecular weight excluding hydrogens is 248 g/mol. The number of nitrogens with one attached hydrogen (secondary N) is 1. The molecule has 1 aromatic rings. The van der Waals surface area contributed by atoms with Crippen LogP contribution in [0.1, 0.15) is 30.6 Å². The van der Waals surface area contributed by atoms with E-state index in [4.69, 9.17) is 9.84 Å². The predicted molar refractivity (Wildman–Crippen MR) is 69.2 cm³/mol. The highest BCUT2D eigenvalue weighted by Crippen LogP contribution is 2.19. The molecule has 19 heavy (non-hydrogen) atoms. The molecule has 104 valence electrons. The number of amides is 1. The van der Waals surface area contributed by atoms with E-state index in [-0.39, 0.29) is 5.91 Å². The van der Waals surface area contributed by atoms with Crippen molar-refractivity contribution in [2.24, 2.45) is 5.41 Å². The van der Waals surface area contributed by atoms with Gasteiger partial charge >= 0.3 is 5.97 Å². The van der Waals surface area contributed by atoms with Gasteiger partial charge < -0.3 is 15.2 Å². The van der Waals surface area contributed by atoms with Gasteiger partial charge in [-0.15, -0.1) is 0 Å².